The molecular weight excluding hydrogens is 214 g/mol. The van der Waals surface area contributed by atoms with E-state index in [9.17, 15) is 4.79 Å². The van der Waals surface area contributed by atoms with E-state index in [1.54, 1.807) is 12.4 Å². The third-order valence-corrected chi connectivity index (χ3v) is 2.98. The zero-order valence-corrected chi connectivity index (χ0v) is 9.17. The molecule has 0 spiro atoms. The molecule has 0 fully saturated rings. The van der Waals surface area contributed by atoms with Crippen molar-refractivity contribution in [1.29, 1.82) is 0 Å². The first kappa shape index (κ1) is 10.0. The number of benzene rings is 1. The highest BCUT2D eigenvalue weighted by Crippen LogP contribution is 2.36. The Balaban J connectivity index is 1.92. The maximum Gasteiger partial charge on any atom is 0.319 e. The molecule has 1 aromatic carbocycles. The summed E-state index contributed by atoms with van der Waals surface area (Å²) in [5, 5.41) is 0. The van der Waals surface area contributed by atoms with E-state index >= 15 is 0 Å². The summed E-state index contributed by atoms with van der Waals surface area (Å²) in [7, 11) is 0. The summed E-state index contributed by atoms with van der Waals surface area (Å²) < 4.78 is 5.24. The molecule has 1 aliphatic heterocycles. The Bertz CT molecular complexity index is 551. The van der Waals surface area contributed by atoms with Gasteiger partial charge in [-0.1, -0.05) is 18.2 Å². The van der Waals surface area contributed by atoms with E-state index in [4.69, 9.17) is 4.74 Å². The van der Waals surface area contributed by atoms with Crippen molar-refractivity contribution in [3.05, 3.63) is 59.9 Å². The third kappa shape index (κ3) is 1.80. The molecule has 0 radical (unpaired) electrons. The highest BCUT2D eigenvalue weighted by atomic mass is 16.5. The van der Waals surface area contributed by atoms with Crippen molar-refractivity contribution in [2.45, 2.75) is 12.3 Å². The fourth-order valence-electron chi connectivity index (χ4n) is 2.12. The van der Waals surface area contributed by atoms with Gasteiger partial charge >= 0.3 is 5.97 Å². The van der Waals surface area contributed by atoms with Crippen molar-refractivity contribution >= 4 is 5.97 Å². The van der Waals surface area contributed by atoms with Gasteiger partial charge in [0.1, 0.15) is 5.75 Å². The molecule has 1 unspecified atom stereocenters. The van der Waals surface area contributed by atoms with Crippen molar-refractivity contribution in [3.8, 4) is 5.75 Å². The molecule has 3 heteroatoms. The molecule has 1 aliphatic rings. The molecule has 3 nitrogen and oxygen atoms in total. The number of esters is 1. The van der Waals surface area contributed by atoms with Crippen LogP contribution >= 0.6 is 0 Å². The lowest BCUT2D eigenvalue weighted by molar-refractivity contribution is -0.134. The normalized spacial score (nSPS) is 17.6. The maximum absolute atomic E-state index is 11.8. The van der Waals surface area contributed by atoms with Gasteiger partial charge in [0.15, 0.2) is 0 Å². The lowest BCUT2D eigenvalue weighted by atomic mass is 9.94. The van der Waals surface area contributed by atoms with Crippen LogP contribution in [-0.2, 0) is 11.2 Å². The van der Waals surface area contributed by atoms with E-state index in [0.717, 1.165) is 11.1 Å². The Labute approximate surface area is 99.1 Å². The molecule has 0 bridgehead atoms. The van der Waals surface area contributed by atoms with E-state index < -0.39 is 0 Å². The van der Waals surface area contributed by atoms with E-state index in [-0.39, 0.29) is 11.9 Å². The van der Waals surface area contributed by atoms with Gasteiger partial charge in [-0.25, -0.2) is 0 Å². The Morgan fingerprint density at radius 1 is 1.12 bits per heavy atom. The molecule has 0 amide bonds. The topological polar surface area (TPSA) is 39.2 Å². The first-order chi connectivity index (χ1) is 8.34. The Morgan fingerprint density at radius 3 is 2.71 bits per heavy atom. The number of hydrogen-bond donors (Lipinski definition) is 0. The minimum Gasteiger partial charge on any atom is -0.426 e. The molecule has 2 aromatic rings. The van der Waals surface area contributed by atoms with Gasteiger partial charge in [-0.3, -0.25) is 9.78 Å². The average molecular weight is 225 g/mol. The molecule has 1 atom stereocenters. The molecule has 0 saturated heterocycles. The van der Waals surface area contributed by atoms with Crippen LogP contribution in [0.2, 0.25) is 0 Å². The monoisotopic (exact) mass is 225 g/mol. The molecule has 3 rings (SSSR count). The van der Waals surface area contributed by atoms with Crippen LogP contribution in [0.3, 0.4) is 0 Å². The largest absolute Gasteiger partial charge is 0.426 e. The van der Waals surface area contributed by atoms with E-state index in [0.29, 0.717) is 12.2 Å². The predicted molar refractivity (Wildman–Crippen MR) is 62.8 cm³/mol. The molecule has 0 N–H and O–H groups in total. The SMILES string of the molecule is O=C1Oc2ccccc2C1Cc1ccncc1. The number of hydrogen-bond acceptors (Lipinski definition) is 3. The number of ether oxygens (including phenoxy) is 1. The van der Waals surface area contributed by atoms with Crippen LogP contribution in [0.1, 0.15) is 17.0 Å². The van der Waals surface area contributed by atoms with Crippen LogP contribution < -0.4 is 4.74 Å². The van der Waals surface area contributed by atoms with Gasteiger partial charge in [-0.05, 0) is 30.2 Å². The van der Waals surface area contributed by atoms with E-state index in [1.807, 2.05) is 36.4 Å². The second-order valence-corrected chi connectivity index (χ2v) is 4.07. The first-order valence-corrected chi connectivity index (χ1v) is 5.54. The van der Waals surface area contributed by atoms with Gasteiger partial charge in [0, 0.05) is 18.0 Å². The number of para-hydroxylation sites is 1. The summed E-state index contributed by atoms with van der Waals surface area (Å²) in [4.78, 5) is 15.8. The van der Waals surface area contributed by atoms with Crippen LogP contribution in [-0.4, -0.2) is 11.0 Å². The number of rotatable bonds is 2. The smallest absolute Gasteiger partial charge is 0.319 e. The zero-order chi connectivity index (χ0) is 11.7. The number of fused-ring (bicyclic) bond motifs is 1. The van der Waals surface area contributed by atoms with Crippen molar-refractivity contribution < 1.29 is 9.53 Å². The summed E-state index contributed by atoms with van der Waals surface area (Å²) in [5.41, 5.74) is 2.08. The standard InChI is InChI=1S/C14H11NO2/c16-14-12(9-10-5-7-15-8-6-10)11-3-1-2-4-13(11)17-14/h1-8,12H,9H2. The molecule has 0 aliphatic carbocycles. The van der Waals surface area contributed by atoms with Crippen molar-refractivity contribution in [1.82, 2.24) is 4.98 Å². The van der Waals surface area contributed by atoms with Gasteiger partial charge in [-0.15, -0.1) is 0 Å². The predicted octanol–water partition coefficient (Wildman–Crippen LogP) is 2.33. The minimum absolute atomic E-state index is 0.164. The molecule has 2 heterocycles. The fraction of sp³-hybridized carbons (Fsp3) is 0.143. The van der Waals surface area contributed by atoms with Crippen LogP contribution in [0, 0.1) is 0 Å². The Kier molecular flexibility index (Phi) is 2.37. The number of carbonyl (C=O) groups excluding carboxylic acids is 1. The van der Waals surface area contributed by atoms with E-state index in [1.165, 1.54) is 0 Å². The minimum atomic E-state index is -0.186. The van der Waals surface area contributed by atoms with E-state index in [2.05, 4.69) is 4.98 Å². The van der Waals surface area contributed by atoms with Crippen LogP contribution in [0.15, 0.2) is 48.8 Å². The fourth-order valence-corrected chi connectivity index (χ4v) is 2.12. The molecule has 17 heavy (non-hydrogen) atoms. The van der Waals surface area contributed by atoms with Crippen molar-refractivity contribution in [3.63, 3.8) is 0 Å². The summed E-state index contributed by atoms with van der Waals surface area (Å²) >= 11 is 0. The summed E-state index contributed by atoms with van der Waals surface area (Å²) in [6, 6.07) is 11.4. The van der Waals surface area contributed by atoms with Crippen molar-refractivity contribution in [2.24, 2.45) is 0 Å². The quantitative estimate of drug-likeness (QED) is 0.581. The van der Waals surface area contributed by atoms with Crippen LogP contribution in [0.5, 0.6) is 5.75 Å². The Hall–Kier alpha value is -2.16. The molecule has 84 valence electrons. The molecular formula is C14H11NO2. The first-order valence-electron chi connectivity index (χ1n) is 5.54. The average Bonchev–Trinajstić information content (AvgIpc) is 2.68. The second kappa shape index (κ2) is 4.01. The number of carbonyl (C=O) groups is 1. The summed E-state index contributed by atoms with van der Waals surface area (Å²) in [5.74, 6) is 0.341. The highest BCUT2D eigenvalue weighted by molar-refractivity contribution is 5.86. The van der Waals surface area contributed by atoms with Crippen LogP contribution in [0.4, 0.5) is 0 Å². The molecule has 1 aromatic heterocycles. The summed E-state index contributed by atoms with van der Waals surface area (Å²) in [6.45, 7) is 0. The number of pyridine rings is 1. The second-order valence-electron chi connectivity index (χ2n) is 4.07. The van der Waals surface area contributed by atoms with Crippen molar-refractivity contribution in [2.75, 3.05) is 0 Å². The van der Waals surface area contributed by atoms with Gasteiger partial charge in [0.05, 0.1) is 5.92 Å². The molecule has 0 saturated carbocycles. The summed E-state index contributed by atoms with van der Waals surface area (Å²) in [6.07, 6.45) is 4.14. The van der Waals surface area contributed by atoms with Crippen LogP contribution in [0.25, 0.3) is 0 Å². The zero-order valence-electron chi connectivity index (χ0n) is 9.17. The number of nitrogens with zero attached hydrogens (tertiary/aromatic N) is 1. The van der Waals surface area contributed by atoms with Gasteiger partial charge in [0.2, 0.25) is 0 Å². The maximum atomic E-state index is 11.8. The van der Waals surface area contributed by atoms with Gasteiger partial charge in [-0.2, -0.15) is 0 Å². The van der Waals surface area contributed by atoms with Gasteiger partial charge in [0.25, 0.3) is 0 Å². The highest BCUT2D eigenvalue weighted by Gasteiger charge is 2.32. The lowest BCUT2D eigenvalue weighted by Gasteiger charge is -2.06. The Morgan fingerprint density at radius 2 is 1.88 bits per heavy atom. The third-order valence-electron chi connectivity index (χ3n) is 2.98. The lowest BCUT2D eigenvalue weighted by Crippen LogP contribution is -2.12. The number of aromatic nitrogens is 1. The van der Waals surface area contributed by atoms with Gasteiger partial charge < -0.3 is 4.74 Å².